The second-order valence-electron chi connectivity index (χ2n) is 4.97. The van der Waals surface area contributed by atoms with Crippen LogP contribution in [0.3, 0.4) is 0 Å². The number of amides is 1. The fourth-order valence-electron chi connectivity index (χ4n) is 2.27. The summed E-state index contributed by atoms with van der Waals surface area (Å²) in [5, 5.41) is 6.03. The summed E-state index contributed by atoms with van der Waals surface area (Å²) in [5.74, 6) is -0.252. The van der Waals surface area contributed by atoms with E-state index in [1.54, 1.807) is 18.3 Å². The van der Waals surface area contributed by atoms with Gasteiger partial charge in [-0.15, -0.1) is 0 Å². The van der Waals surface area contributed by atoms with Gasteiger partial charge in [0.1, 0.15) is 0 Å². The molecule has 0 radical (unpaired) electrons. The van der Waals surface area contributed by atoms with Gasteiger partial charge in [-0.05, 0) is 24.3 Å². The molecule has 0 spiro atoms. The summed E-state index contributed by atoms with van der Waals surface area (Å²) in [4.78, 5) is 39.1. The van der Waals surface area contributed by atoms with Crippen LogP contribution >= 0.6 is 0 Å². The van der Waals surface area contributed by atoms with Gasteiger partial charge in [-0.1, -0.05) is 6.07 Å². The SMILES string of the molecule is O=C(CCn1[nH]c(=O)ccc1=O)Nc1cccc2ncccc12. The molecule has 0 saturated carbocycles. The van der Waals surface area contributed by atoms with E-state index in [0.29, 0.717) is 5.69 Å². The molecule has 0 fully saturated rings. The van der Waals surface area contributed by atoms with E-state index < -0.39 is 0 Å². The number of nitrogens with zero attached hydrogens (tertiary/aromatic N) is 2. The molecule has 3 rings (SSSR count). The molecule has 2 heterocycles. The minimum Gasteiger partial charge on any atom is -0.325 e. The van der Waals surface area contributed by atoms with Crippen LogP contribution in [0.15, 0.2) is 58.3 Å². The van der Waals surface area contributed by atoms with E-state index in [2.05, 4.69) is 15.4 Å². The molecule has 0 aliphatic rings. The summed E-state index contributed by atoms with van der Waals surface area (Å²) in [5.41, 5.74) is 0.709. The van der Waals surface area contributed by atoms with Crippen molar-refractivity contribution in [1.82, 2.24) is 14.8 Å². The number of carbonyl (C=O) groups is 1. The van der Waals surface area contributed by atoms with Crippen LogP contribution in [0.25, 0.3) is 10.9 Å². The van der Waals surface area contributed by atoms with Crippen molar-refractivity contribution in [3.63, 3.8) is 0 Å². The number of rotatable bonds is 4. The Hall–Kier alpha value is -3.22. The van der Waals surface area contributed by atoms with E-state index in [1.807, 2.05) is 18.2 Å². The summed E-state index contributed by atoms with van der Waals surface area (Å²) in [6, 6.07) is 11.5. The van der Waals surface area contributed by atoms with Gasteiger partial charge in [-0.3, -0.25) is 24.5 Å². The van der Waals surface area contributed by atoms with Crippen molar-refractivity contribution in [2.75, 3.05) is 5.32 Å². The molecule has 2 aromatic heterocycles. The van der Waals surface area contributed by atoms with Gasteiger partial charge in [0.2, 0.25) is 5.91 Å². The molecule has 116 valence electrons. The zero-order valence-electron chi connectivity index (χ0n) is 12.2. The Morgan fingerprint density at radius 2 is 2.00 bits per heavy atom. The zero-order valence-corrected chi connectivity index (χ0v) is 12.2. The van der Waals surface area contributed by atoms with Crippen LogP contribution in [0.5, 0.6) is 0 Å². The van der Waals surface area contributed by atoms with Gasteiger partial charge in [0.25, 0.3) is 11.1 Å². The molecule has 23 heavy (non-hydrogen) atoms. The van der Waals surface area contributed by atoms with Crippen molar-refractivity contribution in [2.24, 2.45) is 0 Å². The molecular weight excluding hydrogens is 296 g/mol. The van der Waals surface area contributed by atoms with Crippen molar-refractivity contribution >= 4 is 22.5 Å². The fraction of sp³-hybridized carbons (Fsp3) is 0.125. The van der Waals surface area contributed by atoms with Gasteiger partial charge in [-0.25, -0.2) is 4.68 Å². The van der Waals surface area contributed by atoms with Gasteiger partial charge in [0.05, 0.1) is 17.7 Å². The lowest BCUT2D eigenvalue weighted by molar-refractivity contribution is -0.116. The van der Waals surface area contributed by atoms with E-state index in [1.165, 1.54) is 6.07 Å². The number of nitrogens with one attached hydrogen (secondary N) is 2. The van der Waals surface area contributed by atoms with Crippen molar-refractivity contribution in [3.8, 4) is 0 Å². The number of pyridine rings is 1. The average molecular weight is 310 g/mol. The third-order valence-corrected chi connectivity index (χ3v) is 3.37. The Bertz CT molecular complexity index is 969. The molecule has 0 aliphatic heterocycles. The number of anilines is 1. The quantitative estimate of drug-likeness (QED) is 0.754. The van der Waals surface area contributed by atoms with Crippen LogP contribution in [0.1, 0.15) is 6.42 Å². The van der Waals surface area contributed by atoms with E-state index in [-0.39, 0.29) is 30.0 Å². The summed E-state index contributed by atoms with van der Waals surface area (Å²) in [7, 11) is 0. The second kappa shape index (κ2) is 6.27. The fourth-order valence-corrected chi connectivity index (χ4v) is 2.27. The Balaban J connectivity index is 1.73. The summed E-state index contributed by atoms with van der Waals surface area (Å²) in [6.45, 7) is 0.101. The average Bonchev–Trinajstić information content (AvgIpc) is 2.56. The maximum Gasteiger partial charge on any atom is 0.265 e. The van der Waals surface area contributed by atoms with Crippen LogP contribution in [0.4, 0.5) is 5.69 Å². The van der Waals surface area contributed by atoms with Crippen molar-refractivity contribution < 1.29 is 4.79 Å². The molecular formula is C16H14N4O3. The van der Waals surface area contributed by atoms with Gasteiger partial charge in [-0.2, -0.15) is 0 Å². The van der Waals surface area contributed by atoms with Gasteiger partial charge in [0, 0.05) is 30.1 Å². The first-order chi connectivity index (χ1) is 11.1. The van der Waals surface area contributed by atoms with Crippen LogP contribution in [-0.2, 0) is 11.3 Å². The maximum atomic E-state index is 12.1. The number of benzene rings is 1. The first kappa shape index (κ1) is 14.7. The highest BCUT2D eigenvalue weighted by molar-refractivity contribution is 6.00. The van der Waals surface area contributed by atoms with Gasteiger partial charge in [0.15, 0.2) is 0 Å². The Labute approximate surface area is 130 Å². The molecule has 2 N–H and O–H groups in total. The predicted molar refractivity (Wildman–Crippen MR) is 86.3 cm³/mol. The summed E-state index contributed by atoms with van der Waals surface area (Å²) >= 11 is 0. The van der Waals surface area contributed by atoms with Gasteiger partial charge < -0.3 is 5.32 Å². The highest BCUT2D eigenvalue weighted by atomic mass is 16.2. The number of hydrogen-bond acceptors (Lipinski definition) is 4. The smallest absolute Gasteiger partial charge is 0.265 e. The van der Waals surface area contributed by atoms with Crippen LogP contribution in [0.2, 0.25) is 0 Å². The second-order valence-corrected chi connectivity index (χ2v) is 4.97. The Kier molecular flexibility index (Phi) is 4.01. The molecule has 3 aromatic rings. The van der Waals surface area contributed by atoms with Crippen LogP contribution < -0.4 is 16.4 Å². The van der Waals surface area contributed by atoms with Crippen LogP contribution in [0, 0.1) is 0 Å². The number of aryl methyl sites for hydroxylation is 1. The number of hydrogen-bond donors (Lipinski definition) is 2. The lowest BCUT2D eigenvalue weighted by Gasteiger charge is -2.09. The Morgan fingerprint density at radius 3 is 2.87 bits per heavy atom. The van der Waals surface area contributed by atoms with Crippen molar-refractivity contribution in [1.29, 1.82) is 0 Å². The lowest BCUT2D eigenvalue weighted by atomic mass is 10.2. The number of carbonyl (C=O) groups excluding carboxylic acids is 1. The molecule has 0 aliphatic carbocycles. The largest absolute Gasteiger partial charge is 0.325 e. The monoisotopic (exact) mass is 310 g/mol. The van der Waals surface area contributed by atoms with E-state index in [0.717, 1.165) is 21.7 Å². The first-order valence-electron chi connectivity index (χ1n) is 7.07. The number of fused-ring (bicyclic) bond motifs is 1. The van der Waals surface area contributed by atoms with E-state index >= 15 is 0 Å². The standard InChI is InChI=1S/C16H14N4O3/c21-14(8-10-20-16(23)7-6-15(22)19-20)18-13-5-1-4-12-11(13)3-2-9-17-12/h1-7,9H,8,10H2,(H,18,21)(H,19,22). The highest BCUT2D eigenvalue weighted by Crippen LogP contribution is 2.21. The number of aromatic nitrogens is 3. The molecule has 0 saturated heterocycles. The number of H-pyrrole nitrogens is 1. The summed E-state index contributed by atoms with van der Waals surface area (Å²) < 4.78 is 1.12. The number of aromatic amines is 1. The van der Waals surface area contributed by atoms with Crippen LogP contribution in [-0.4, -0.2) is 20.7 Å². The minimum absolute atomic E-state index is 0.0660. The van der Waals surface area contributed by atoms with Crippen molar-refractivity contribution in [3.05, 3.63) is 69.4 Å². The normalized spacial score (nSPS) is 10.6. The molecule has 0 bridgehead atoms. The van der Waals surface area contributed by atoms with Crippen molar-refractivity contribution in [2.45, 2.75) is 13.0 Å². The Morgan fingerprint density at radius 1 is 1.13 bits per heavy atom. The van der Waals surface area contributed by atoms with Gasteiger partial charge >= 0.3 is 0 Å². The molecule has 1 aromatic carbocycles. The lowest BCUT2D eigenvalue weighted by Crippen LogP contribution is -2.29. The predicted octanol–water partition coefficient (Wildman–Crippen LogP) is 1.11. The minimum atomic E-state index is -0.384. The molecule has 0 atom stereocenters. The highest BCUT2D eigenvalue weighted by Gasteiger charge is 2.07. The topological polar surface area (TPSA) is 96.9 Å². The van der Waals surface area contributed by atoms with E-state index in [4.69, 9.17) is 0 Å². The van der Waals surface area contributed by atoms with E-state index in [9.17, 15) is 14.4 Å². The molecule has 0 unspecified atom stereocenters. The molecule has 7 heteroatoms. The first-order valence-corrected chi connectivity index (χ1v) is 7.07. The molecule has 1 amide bonds. The molecule has 7 nitrogen and oxygen atoms in total. The third-order valence-electron chi connectivity index (χ3n) is 3.37. The maximum absolute atomic E-state index is 12.1. The zero-order chi connectivity index (χ0) is 16.2. The third kappa shape index (κ3) is 3.34. The summed E-state index contributed by atoms with van der Waals surface area (Å²) in [6.07, 6.45) is 1.75.